The van der Waals surface area contributed by atoms with Gasteiger partial charge in [0.05, 0.1) is 12.3 Å². The van der Waals surface area contributed by atoms with Crippen molar-refractivity contribution >= 4 is 24.2 Å². The SMILES string of the molecule is CCn1cnnc1CSc1nnc(CN)n1C.Cl. The highest BCUT2D eigenvalue weighted by Crippen LogP contribution is 2.19. The first-order valence-corrected chi connectivity index (χ1v) is 6.32. The van der Waals surface area contributed by atoms with Crippen LogP contribution >= 0.6 is 24.2 Å². The minimum Gasteiger partial charge on any atom is -0.324 e. The Labute approximate surface area is 116 Å². The second kappa shape index (κ2) is 6.72. The van der Waals surface area contributed by atoms with Crippen LogP contribution in [-0.2, 0) is 25.9 Å². The molecule has 2 aromatic heterocycles. The van der Waals surface area contributed by atoms with Gasteiger partial charge in [-0.1, -0.05) is 11.8 Å². The van der Waals surface area contributed by atoms with E-state index < -0.39 is 0 Å². The quantitative estimate of drug-likeness (QED) is 0.811. The zero-order chi connectivity index (χ0) is 12.3. The molecule has 0 aromatic carbocycles. The van der Waals surface area contributed by atoms with Crippen LogP contribution in [0.15, 0.2) is 11.5 Å². The first-order chi connectivity index (χ1) is 8.26. The summed E-state index contributed by atoms with van der Waals surface area (Å²) in [5, 5.41) is 16.9. The molecule has 2 heterocycles. The highest BCUT2D eigenvalue weighted by atomic mass is 35.5. The molecule has 0 aliphatic heterocycles. The molecule has 2 N–H and O–H groups in total. The van der Waals surface area contributed by atoms with Crippen molar-refractivity contribution in [3.8, 4) is 0 Å². The van der Waals surface area contributed by atoms with E-state index in [0.29, 0.717) is 6.54 Å². The molecule has 0 atom stereocenters. The summed E-state index contributed by atoms with van der Waals surface area (Å²) >= 11 is 1.58. The summed E-state index contributed by atoms with van der Waals surface area (Å²) in [6.45, 7) is 3.33. The van der Waals surface area contributed by atoms with Crippen molar-refractivity contribution in [1.29, 1.82) is 0 Å². The number of halogens is 1. The van der Waals surface area contributed by atoms with Gasteiger partial charge in [-0.15, -0.1) is 32.8 Å². The van der Waals surface area contributed by atoms with E-state index in [2.05, 4.69) is 27.3 Å². The Morgan fingerprint density at radius 1 is 1.28 bits per heavy atom. The van der Waals surface area contributed by atoms with Crippen LogP contribution in [0, 0.1) is 0 Å². The summed E-state index contributed by atoms with van der Waals surface area (Å²) in [6, 6.07) is 0. The minimum absolute atomic E-state index is 0. The molecule has 0 aliphatic carbocycles. The Balaban J connectivity index is 0.00000162. The van der Waals surface area contributed by atoms with Gasteiger partial charge < -0.3 is 14.9 Å². The van der Waals surface area contributed by atoms with Crippen LogP contribution in [-0.4, -0.2) is 29.5 Å². The van der Waals surface area contributed by atoms with Crippen molar-refractivity contribution in [2.24, 2.45) is 12.8 Å². The maximum absolute atomic E-state index is 5.54. The molecule has 2 rings (SSSR count). The standard InChI is InChI=1S/C9H15N7S.ClH/c1-3-16-6-11-12-8(16)5-17-9-14-13-7(4-10)15(9)2;/h6H,3-5,10H2,1-2H3;1H. The van der Waals surface area contributed by atoms with E-state index in [1.165, 1.54) is 0 Å². The lowest BCUT2D eigenvalue weighted by atomic mass is 10.6. The molecule has 0 saturated carbocycles. The Morgan fingerprint density at radius 3 is 2.67 bits per heavy atom. The first kappa shape index (κ1) is 14.9. The van der Waals surface area contributed by atoms with Gasteiger partial charge in [-0.2, -0.15) is 0 Å². The fraction of sp³-hybridized carbons (Fsp3) is 0.556. The van der Waals surface area contributed by atoms with Gasteiger partial charge in [0, 0.05) is 13.6 Å². The van der Waals surface area contributed by atoms with Crippen LogP contribution in [0.5, 0.6) is 0 Å². The third kappa shape index (κ3) is 3.01. The van der Waals surface area contributed by atoms with Crippen molar-refractivity contribution in [3.63, 3.8) is 0 Å². The van der Waals surface area contributed by atoms with Crippen LogP contribution < -0.4 is 5.73 Å². The minimum atomic E-state index is 0. The average Bonchev–Trinajstić information content (AvgIpc) is 2.93. The molecule has 18 heavy (non-hydrogen) atoms. The number of aryl methyl sites for hydroxylation is 1. The smallest absolute Gasteiger partial charge is 0.191 e. The lowest BCUT2D eigenvalue weighted by molar-refractivity contribution is 0.719. The molecule has 0 unspecified atom stereocenters. The summed E-state index contributed by atoms with van der Waals surface area (Å²) in [5.74, 6) is 2.45. The van der Waals surface area contributed by atoms with Crippen LogP contribution in [0.3, 0.4) is 0 Å². The Morgan fingerprint density at radius 2 is 2.06 bits per heavy atom. The Kier molecular flexibility index (Phi) is 5.57. The van der Waals surface area contributed by atoms with E-state index in [-0.39, 0.29) is 12.4 Å². The van der Waals surface area contributed by atoms with E-state index in [0.717, 1.165) is 29.1 Å². The highest BCUT2D eigenvalue weighted by Gasteiger charge is 2.10. The molecule has 7 nitrogen and oxygen atoms in total. The van der Waals surface area contributed by atoms with E-state index >= 15 is 0 Å². The van der Waals surface area contributed by atoms with Crippen molar-refractivity contribution < 1.29 is 0 Å². The van der Waals surface area contributed by atoms with Crippen molar-refractivity contribution in [3.05, 3.63) is 18.0 Å². The van der Waals surface area contributed by atoms with E-state index in [9.17, 15) is 0 Å². The highest BCUT2D eigenvalue weighted by molar-refractivity contribution is 7.98. The average molecular weight is 290 g/mol. The Bertz CT molecular complexity index is 495. The van der Waals surface area contributed by atoms with Crippen LogP contribution in [0.2, 0.25) is 0 Å². The molecule has 0 spiro atoms. The lowest BCUT2D eigenvalue weighted by Gasteiger charge is -2.03. The second-order valence-corrected chi connectivity index (χ2v) is 4.43. The molecular formula is C9H16ClN7S. The first-order valence-electron chi connectivity index (χ1n) is 5.34. The molecule has 0 fully saturated rings. The summed E-state index contributed by atoms with van der Waals surface area (Å²) in [4.78, 5) is 0. The predicted molar refractivity (Wildman–Crippen MR) is 71.4 cm³/mol. The van der Waals surface area contributed by atoms with Gasteiger partial charge in [-0.25, -0.2) is 0 Å². The molecule has 0 amide bonds. The molecule has 2 aromatic rings. The molecule has 0 aliphatic rings. The third-order valence-electron chi connectivity index (χ3n) is 2.47. The van der Waals surface area contributed by atoms with Gasteiger partial charge in [-0.3, -0.25) is 0 Å². The molecule has 0 bridgehead atoms. The van der Waals surface area contributed by atoms with Crippen molar-refractivity contribution in [2.75, 3.05) is 0 Å². The number of thioether (sulfide) groups is 1. The molecule has 0 saturated heterocycles. The summed E-state index contributed by atoms with van der Waals surface area (Å²) in [7, 11) is 1.91. The second-order valence-electron chi connectivity index (χ2n) is 3.48. The van der Waals surface area contributed by atoms with Crippen LogP contribution in [0.25, 0.3) is 0 Å². The van der Waals surface area contributed by atoms with Crippen molar-refractivity contribution in [2.45, 2.75) is 30.9 Å². The van der Waals surface area contributed by atoms with Gasteiger partial charge in [0.2, 0.25) is 0 Å². The number of hydrogen-bond acceptors (Lipinski definition) is 6. The van der Waals surface area contributed by atoms with Gasteiger partial charge in [-0.05, 0) is 6.92 Å². The molecule has 100 valence electrons. The topological polar surface area (TPSA) is 87.4 Å². The van der Waals surface area contributed by atoms with E-state index in [1.807, 2.05) is 16.2 Å². The molecular weight excluding hydrogens is 274 g/mol. The fourth-order valence-corrected chi connectivity index (χ4v) is 2.31. The number of hydrogen-bond donors (Lipinski definition) is 1. The van der Waals surface area contributed by atoms with Gasteiger partial charge >= 0.3 is 0 Å². The molecule has 9 heteroatoms. The third-order valence-corrected chi connectivity index (χ3v) is 3.49. The zero-order valence-corrected chi connectivity index (χ0v) is 11.9. The number of nitrogens with two attached hydrogens (primary N) is 1. The summed E-state index contributed by atoms with van der Waals surface area (Å²) < 4.78 is 3.91. The number of rotatable bonds is 5. The number of aromatic nitrogens is 6. The maximum Gasteiger partial charge on any atom is 0.191 e. The largest absolute Gasteiger partial charge is 0.324 e. The maximum atomic E-state index is 5.54. The van der Waals surface area contributed by atoms with Crippen molar-refractivity contribution in [1.82, 2.24) is 29.5 Å². The fourth-order valence-electron chi connectivity index (χ4n) is 1.43. The predicted octanol–water partition coefficient (Wildman–Crippen LogP) is 0.599. The molecule has 0 radical (unpaired) electrons. The van der Waals surface area contributed by atoms with Crippen LogP contribution in [0.1, 0.15) is 18.6 Å². The van der Waals surface area contributed by atoms with E-state index in [1.54, 1.807) is 18.1 Å². The van der Waals surface area contributed by atoms with Gasteiger partial charge in [0.1, 0.15) is 18.0 Å². The normalized spacial score (nSPS) is 10.4. The zero-order valence-electron chi connectivity index (χ0n) is 10.3. The van der Waals surface area contributed by atoms with Gasteiger partial charge in [0.15, 0.2) is 5.16 Å². The van der Waals surface area contributed by atoms with E-state index in [4.69, 9.17) is 5.73 Å². The van der Waals surface area contributed by atoms with Crippen LogP contribution in [0.4, 0.5) is 0 Å². The number of nitrogens with zero attached hydrogens (tertiary/aromatic N) is 6. The summed E-state index contributed by atoms with van der Waals surface area (Å²) in [5.41, 5.74) is 5.54. The lowest BCUT2D eigenvalue weighted by Crippen LogP contribution is -2.05. The monoisotopic (exact) mass is 289 g/mol. The Hall–Kier alpha value is -1.12. The summed E-state index contributed by atoms with van der Waals surface area (Å²) in [6.07, 6.45) is 1.73. The van der Waals surface area contributed by atoms with Gasteiger partial charge in [0.25, 0.3) is 0 Å².